The average Bonchev–Trinajstić information content (AvgIpc) is 2.86. The zero-order chi connectivity index (χ0) is 27.5. The predicted octanol–water partition coefficient (Wildman–Crippen LogP) is 0.915. The molecule has 4 atom stereocenters. The number of nitrogens with zero attached hydrogens (tertiary/aromatic N) is 2. The van der Waals surface area contributed by atoms with Crippen LogP contribution in [0.2, 0.25) is 0 Å². The van der Waals surface area contributed by atoms with Gasteiger partial charge in [0.05, 0.1) is 11.6 Å². The van der Waals surface area contributed by atoms with Crippen LogP contribution >= 0.6 is 0 Å². The van der Waals surface area contributed by atoms with Gasteiger partial charge in [-0.2, -0.15) is 0 Å². The van der Waals surface area contributed by atoms with E-state index in [1.165, 1.54) is 11.0 Å². The largest absolute Gasteiger partial charge is 0.510 e. The molecule has 1 amide bonds. The highest BCUT2D eigenvalue weighted by Crippen LogP contribution is 2.52. The monoisotopic (exact) mass is 515 g/mol. The summed E-state index contributed by atoms with van der Waals surface area (Å²) in [6.07, 6.45) is 1.77. The number of rotatable bonds is 2. The van der Waals surface area contributed by atoms with E-state index in [1.54, 1.807) is 44.6 Å². The van der Waals surface area contributed by atoms with E-state index < -0.39 is 58.0 Å². The maximum absolute atomic E-state index is 13.7. The first kappa shape index (κ1) is 25.2. The summed E-state index contributed by atoms with van der Waals surface area (Å²) in [7, 11) is 3.16. The van der Waals surface area contributed by atoms with Crippen LogP contribution in [0.25, 0.3) is 0 Å². The Morgan fingerprint density at radius 1 is 1.13 bits per heavy atom. The van der Waals surface area contributed by atoms with Crippen LogP contribution in [-0.4, -0.2) is 73.5 Å². The lowest BCUT2D eigenvalue weighted by Crippen LogP contribution is -2.63. The third-order valence-corrected chi connectivity index (χ3v) is 7.60. The van der Waals surface area contributed by atoms with Crippen LogP contribution in [0.1, 0.15) is 33.6 Å². The van der Waals surface area contributed by atoms with E-state index in [0.717, 1.165) is 0 Å². The summed E-state index contributed by atoms with van der Waals surface area (Å²) in [6.45, 7) is 0. The highest BCUT2D eigenvalue weighted by atomic mass is 16.3. The average molecular weight is 516 g/mol. The molecule has 0 radical (unpaired) electrons. The molecule has 3 aliphatic carbocycles. The fraction of sp³-hybridized carbons (Fsp3) is 0.286. The van der Waals surface area contributed by atoms with Gasteiger partial charge in [-0.1, -0.05) is 12.0 Å². The molecule has 5 rings (SSSR count). The van der Waals surface area contributed by atoms with Crippen LogP contribution in [0.15, 0.2) is 59.2 Å². The van der Waals surface area contributed by atoms with E-state index in [9.17, 15) is 34.8 Å². The van der Waals surface area contributed by atoms with Crippen molar-refractivity contribution in [1.29, 1.82) is 0 Å². The molecule has 0 saturated carbocycles. The fourth-order valence-corrected chi connectivity index (χ4v) is 5.94. The number of carbonyl (C=O) groups excluding carboxylic acids is 3. The van der Waals surface area contributed by atoms with Gasteiger partial charge in [0.15, 0.2) is 11.4 Å². The third kappa shape index (κ3) is 3.51. The van der Waals surface area contributed by atoms with Crippen LogP contribution in [0, 0.1) is 23.7 Å². The van der Waals surface area contributed by atoms with Crippen molar-refractivity contribution in [2.24, 2.45) is 17.6 Å². The number of aromatic nitrogens is 1. The number of fused-ring (bicyclic) bond motifs is 3. The van der Waals surface area contributed by atoms with Gasteiger partial charge in [0.25, 0.3) is 5.91 Å². The Labute approximate surface area is 217 Å². The van der Waals surface area contributed by atoms with Crippen molar-refractivity contribution >= 4 is 17.5 Å². The number of primary amides is 1. The van der Waals surface area contributed by atoms with E-state index in [4.69, 9.17) is 5.73 Å². The van der Waals surface area contributed by atoms with Crippen molar-refractivity contribution in [2.75, 3.05) is 14.1 Å². The molecule has 0 spiro atoms. The molecule has 38 heavy (non-hydrogen) atoms. The number of hydrogen-bond acceptors (Lipinski definition) is 9. The lowest BCUT2D eigenvalue weighted by Gasteiger charge is -2.50. The molecule has 10 nitrogen and oxygen atoms in total. The SMILES string of the molecule is CN(C)[C@H]1C(O)=C(C(N)=O)C(=O)[C@]2(O)C(O)=C3C(=O)c4c(O)ccc(C#Cc5ccccn5)c4C[C@@H]3C[C@H]12. The summed E-state index contributed by atoms with van der Waals surface area (Å²) in [5, 5.41) is 44.4. The van der Waals surface area contributed by atoms with Gasteiger partial charge in [-0.05, 0) is 68.6 Å². The Balaban J connectivity index is 1.68. The standard InChI is InChI=1S/C28H25N3O7/c1-31(2)22-17-12-14-11-16-13(6-8-15-5-3-4-10-30-15)7-9-18(32)20(16)23(33)19(14)25(35)28(17,38)26(36)21(24(22)34)27(29)37/h3-5,7,9-10,14,17,22,32,34-35,38H,11-12H2,1-2H3,(H2,29,37)/t14-,17-,22-,28-/m1/s1. The maximum atomic E-state index is 13.7. The number of likely N-dealkylation sites (N-methyl/N-ethyl adjacent to an activating group) is 1. The number of carbonyl (C=O) groups is 3. The summed E-state index contributed by atoms with van der Waals surface area (Å²) in [5.74, 6) is -0.957. The van der Waals surface area contributed by atoms with Crippen LogP contribution in [-0.2, 0) is 16.0 Å². The van der Waals surface area contributed by atoms with E-state index in [0.29, 0.717) is 16.8 Å². The molecule has 1 aromatic heterocycles. The molecule has 3 aliphatic rings. The zero-order valence-electron chi connectivity index (χ0n) is 20.6. The van der Waals surface area contributed by atoms with Crippen molar-refractivity contribution in [1.82, 2.24) is 9.88 Å². The minimum absolute atomic E-state index is 0.00846. The quantitative estimate of drug-likeness (QED) is 0.288. The van der Waals surface area contributed by atoms with Crippen LogP contribution in [0.4, 0.5) is 0 Å². The van der Waals surface area contributed by atoms with E-state index in [-0.39, 0.29) is 29.7 Å². The van der Waals surface area contributed by atoms with Crippen LogP contribution in [0.3, 0.4) is 0 Å². The van der Waals surface area contributed by atoms with Crippen molar-refractivity contribution in [3.8, 4) is 17.6 Å². The number of benzene rings is 1. The molecule has 0 unspecified atom stereocenters. The molecule has 0 saturated heterocycles. The van der Waals surface area contributed by atoms with E-state index in [1.807, 2.05) is 0 Å². The molecule has 0 bridgehead atoms. The van der Waals surface area contributed by atoms with Gasteiger partial charge in [0.2, 0.25) is 5.78 Å². The number of pyridine rings is 1. The minimum Gasteiger partial charge on any atom is -0.510 e. The molecule has 6 N–H and O–H groups in total. The first-order valence-electron chi connectivity index (χ1n) is 11.9. The van der Waals surface area contributed by atoms with Crippen molar-refractivity contribution in [3.63, 3.8) is 0 Å². The fourth-order valence-electron chi connectivity index (χ4n) is 5.94. The summed E-state index contributed by atoms with van der Waals surface area (Å²) in [6, 6.07) is 7.13. The lowest BCUT2D eigenvalue weighted by atomic mass is 9.58. The first-order chi connectivity index (χ1) is 18.0. The number of aromatic hydroxyl groups is 1. The van der Waals surface area contributed by atoms with Gasteiger partial charge in [-0.25, -0.2) is 4.98 Å². The summed E-state index contributed by atoms with van der Waals surface area (Å²) < 4.78 is 0. The summed E-state index contributed by atoms with van der Waals surface area (Å²) in [5.41, 5.74) is 3.00. The van der Waals surface area contributed by atoms with Gasteiger partial charge in [-0.15, -0.1) is 0 Å². The Bertz CT molecular complexity index is 1530. The first-order valence-corrected chi connectivity index (χ1v) is 11.9. The predicted molar refractivity (Wildman–Crippen MR) is 134 cm³/mol. The van der Waals surface area contributed by atoms with Gasteiger partial charge in [-0.3, -0.25) is 19.3 Å². The summed E-state index contributed by atoms with van der Waals surface area (Å²) >= 11 is 0. The van der Waals surface area contributed by atoms with E-state index in [2.05, 4.69) is 16.8 Å². The number of aliphatic hydroxyl groups excluding tert-OH is 2. The number of allylic oxidation sites excluding steroid dienone is 1. The molecular formula is C28H25N3O7. The van der Waals surface area contributed by atoms with Crippen LogP contribution in [0.5, 0.6) is 5.75 Å². The number of phenols is 1. The molecule has 10 heteroatoms. The smallest absolute Gasteiger partial charge is 0.255 e. The Morgan fingerprint density at radius 2 is 1.87 bits per heavy atom. The molecule has 0 aliphatic heterocycles. The number of nitrogens with two attached hydrogens (primary N) is 1. The number of aliphatic hydroxyl groups is 3. The van der Waals surface area contributed by atoms with Crippen molar-refractivity contribution in [2.45, 2.75) is 24.5 Å². The third-order valence-electron chi connectivity index (χ3n) is 7.60. The Kier molecular flexibility index (Phi) is 5.86. The van der Waals surface area contributed by atoms with Gasteiger partial charge in [0, 0.05) is 23.3 Å². The molecule has 1 heterocycles. The van der Waals surface area contributed by atoms with Gasteiger partial charge < -0.3 is 26.2 Å². The maximum Gasteiger partial charge on any atom is 0.255 e. The zero-order valence-corrected chi connectivity index (χ0v) is 20.6. The highest BCUT2D eigenvalue weighted by molar-refractivity contribution is 6.24. The molecular weight excluding hydrogens is 490 g/mol. The number of Topliss-reactive ketones (excluding diaryl/α,β-unsaturated/α-hetero) is 2. The van der Waals surface area contributed by atoms with Gasteiger partial charge in [0.1, 0.15) is 28.5 Å². The second kappa shape index (κ2) is 8.83. The number of amides is 1. The molecule has 2 aromatic rings. The highest BCUT2D eigenvalue weighted by Gasteiger charge is 2.63. The number of ketones is 2. The van der Waals surface area contributed by atoms with Crippen molar-refractivity contribution < 1.29 is 34.8 Å². The van der Waals surface area contributed by atoms with E-state index >= 15 is 0 Å². The molecule has 194 valence electrons. The van der Waals surface area contributed by atoms with Crippen LogP contribution < -0.4 is 5.73 Å². The second-order valence-electron chi connectivity index (χ2n) is 9.91. The van der Waals surface area contributed by atoms with Gasteiger partial charge >= 0.3 is 0 Å². The van der Waals surface area contributed by atoms with Crippen molar-refractivity contribution in [3.05, 3.63) is 81.6 Å². The molecule has 1 aromatic carbocycles. The lowest BCUT2D eigenvalue weighted by molar-refractivity contribution is -0.148. The number of hydrogen-bond donors (Lipinski definition) is 5. The minimum atomic E-state index is -2.67. The number of phenolic OH excluding ortho intramolecular Hbond substituents is 1. The second-order valence-corrected chi connectivity index (χ2v) is 9.91. The normalized spacial score (nSPS) is 26.4. The topological polar surface area (TPSA) is 174 Å². The summed E-state index contributed by atoms with van der Waals surface area (Å²) in [4.78, 5) is 44.8. The Morgan fingerprint density at radius 3 is 2.50 bits per heavy atom. The molecule has 0 fully saturated rings. The Hall–Kier alpha value is -4.46.